The summed E-state index contributed by atoms with van der Waals surface area (Å²) in [6.07, 6.45) is 4.47. The molecule has 0 saturated heterocycles. The molecule has 0 fully saturated rings. The van der Waals surface area contributed by atoms with Crippen molar-refractivity contribution >= 4 is 28.2 Å². The SMILES string of the molecule is O=Cc1ccccc1C1=CC=C[SH]1CNC(=O)OCC1c2ccccc2-c2ccccc21. The predicted molar refractivity (Wildman–Crippen MR) is 131 cm³/mol. The lowest BCUT2D eigenvalue weighted by atomic mass is 9.98. The lowest BCUT2D eigenvalue weighted by Crippen LogP contribution is -2.26. The third kappa shape index (κ3) is 3.76. The molecule has 1 amide bonds. The number of amides is 1. The van der Waals surface area contributed by atoms with E-state index in [9.17, 15) is 9.59 Å². The van der Waals surface area contributed by atoms with Crippen molar-refractivity contribution in [1.29, 1.82) is 0 Å². The van der Waals surface area contributed by atoms with Crippen molar-refractivity contribution in [3.05, 3.63) is 113 Å². The van der Waals surface area contributed by atoms with Crippen molar-refractivity contribution in [2.24, 2.45) is 0 Å². The van der Waals surface area contributed by atoms with Gasteiger partial charge in [-0.3, -0.25) is 4.79 Å². The number of fused-ring (bicyclic) bond motifs is 3. The van der Waals surface area contributed by atoms with Gasteiger partial charge in [0.2, 0.25) is 0 Å². The number of thiol groups is 1. The van der Waals surface area contributed by atoms with Crippen molar-refractivity contribution in [3.63, 3.8) is 0 Å². The van der Waals surface area contributed by atoms with E-state index in [1.807, 2.05) is 60.7 Å². The second-order valence-electron chi connectivity index (χ2n) is 7.73. The number of carbonyl (C=O) groups is 2. The topological polar surface area (TPSA) is 55.4 Å². The van der Waals surface area contributed by atoms with Gasteiger partial charge >= 0.3 is 6.09 Å². The van der Waals surface area contributed by atoms with Crippen molar-refractivity contribution < 1.29 is 14.3 Å². The van der Waals surface area contributed by atoms with E-state index in [0.717, 1.165) is 16.8 Å². The normalized spacial score (nSPS) is 17.4. The summed E-state index contributed by atoms with van der Waals surface area (Å²) < 4.78 is 5.65. The quantitative estimate of drug-likeness (QED) is 0.372. The first-order valence-electron chi connectivity index (χ1n) is 10.5. The molecule has 32 heavy (non-hydrogen) atoms. The molecule has 1 unspecified atom stereocenters. The lowest BCUT2D eigenvalue weighted by molar-refractivity contribution is 0.112. The molecule has 0 bridgehead atoms. The third-order valence-corrected chi connectivity index (χ3v) is 7.97. The van der Waals surface area contributed by atoms with Crippen LogP contribution in [0.25, 0.3) is 16.0 Å². The molecule has 0 radical (unpaired) electrons. The Hall–Kier alpha value is -3.57. The monoisotopic (exact) mass is 441 g/mol. The van der Waals surface area contributed by atoms with Gasteiger partial charge in [0.25, 0.3) is 0 Å². The van der Waals surface area contributed by atoms with Crippen LogP contribution in [0.1, 0.15) is 33.0 Å². The second kappa shape index (κ2) is 8.89. The predicted octanol–water partition coefficient (Wildman–Crippen LogP) is 5.86. The van der Waals surface area contributed by atoms with Gasteiger partial charge in [-0.1, -0.05) is 78.9 Å². The van der Waals surface area contributed by atoms with Crippen LogP contribution < -0.4 is 5.32 Å². The van der Waals surface area contributed by atoms with Gasteiger partial charge in [0.15, 0.2) is 6.29 Å². The maximum absolute atomic E-state index is 12.5. The molecule has 3 aromatic carbocycles. The summed E-state index contributed by atoms with van der Waals surface area (Å²) in [5, 5.41) is 5.01. The summed E-state index contributed by atoms with van der Waals surface area (Å²) >= 11 is 0. The van der Waals surface area contributed by atoms with Gasteiger partial charge in [0, 0.05) is 16.4 Å². The number of nitrogens with one attached hydrogen (secondary N) is 1. The zero-order valence-electron chi connectivity index (χ0n) is 17.4. The molecule has 0 spiro atoms. The van der Waals surface area contributed by atoms with Crippen molar-refractivity contribution in [2.45, 2.75) is 5.92 Å². The van der Waals surface area contributed by atoms with Gasteiger partial charge in [0.05, 0.1) is 5.88 Å². The van der Waals surface area contributed by atoms with Crippen LogP contribution in [0.2, 0.25) is 0 Å². The number of benzene rings is 3. The Morgan fingerprint density at radius 1 is 0.906 bits per heavy atom. The molecule has 0 aromatic heterocycles. The molecule has 5 rings (SSSR count). The number of hydrogen-bond donors (Lipinski definition) is 2. The summed E-state index contributed by atoms with van der Waals surface area (Å²) in [6.45, 7) is 0.296. The summed E-state index contributed by atoms with van der Waals surface area (Å²) in [5.74, 6) is 0.516. The smallest absolute Gasteiger partial charge is 0.407 e. The number of alkyl carbamates (subject to hydrolysis) is 1. The number of rotatable bonds is 6. The van der Waals surface area contributed by atoms with E-state index < -0.39 is 17.0 Å². The Labute approximate surface area is 190 Å². The molecule has 160 valence electrons. The lowest BCUT2D eigenvalue weighted by Gasteiger charge is -2.20. The minimum absolute atomic E-state index is 0.0418. The van der Waals surface area contributed by atoms with E-state index in [1.54, 1.807) is 0 Å². The highest BCUT2D eigenvalue weighted by Gasteiger charge is 2.29. The standard InChI is InChI=1S/C27H23NO3S/c29-16-19-8-1-2-9-20(19)26-14-7-15-32(26)18-28-27(30)31-17-25-23-12-5-3-10-21(23)22-11-4-6-13-24(22)25/h1-16,25,32H,17-18H2,(H,28,30). The Morgan fingerprint density at radius 3 is 2.22 bits per heavy atom. The highest BCUT2D eigenvalue weighted by atomic mass is 32.2. The van der Waals surface area contributed by atoms with Crippen molar-refractivity contribution in [3.8, 4) is 11.1 Å². The Balaban J connectivity index is 1.23. The van der Waals surface area contributed by atoms with E-state index in [1.165, 1.54) is 22.3 Å². The summed E-state index contributed by atoms with van der Waals surface area (Å²) in [4.78, 5) is 25.0. The summed E-state index contributed by atoms with van der Waals surface area (Å²) in [7, 11) is -0.735. The zero-order valence-corrected chi connectivity index (χ0v) is 18.3. The molecule has 1 atom stereocenters. The molecular formula is C27H23NO3S. The number of ether oxygens (including phenoxy) is 1. The average Bonchev–Trinajstić information content (AvgIpc) is 3.44. The van der Waals surface area contributed by atoms with E-state index in [2.05, 4.69) is 35.0 Å². The van der Waals surface area contributed by atoms with Crippen molar-refractivity contribution in [2.75, 3.05) is 12.5 Å². The van der Waals surface area contributed by atoms with Gasteiger partial charge < -0.3 is 10.1 Å². The van der Waals surface area contributed by atoms with E-state index in [4.69, 9.17) is 4.74 Å². The van der Waals surface area contributed by atoms with Crippen LogP contribution in [-0.4, -0.2) is 24.9 Å². The first-order chi connectivity index (χ1) is 15.8. The number of carbonyl (C=O) groups excluding carboxylic acids is 2. The zero-order chi connectivity index (χ0) is 21.9. The molecule has 1 aliphatic heterocycles. The van der Waals surface area contributed by atoms with Gasteiger partial charge in [-0.05, 0) is 39.3 Å². The molecule has 3 aromatic rings. The van der Waals surface area contributed by atoms with Crippen molar-refractivity contribution in [1.82, 2.24) is 5.32 Å². The Bertz CT molecular complexity index is 1200. The molecule has 1 heterocycles. The highest BCUT2D eigenvalue weighted by molar-refractivity contribution is 8.27. The van der Waals surface area contributed by atoms with Gasteiger partial charge in [-0.2, -0.15) is 10.9 Å². The van der Waals surface area contributed by atoms with E-state index in [-0.39, 0.29) is 5.92 Å². The number of allylic oxidation sites excluding steroid dienone is 2. The molecule has 4 nitrogen and oxygen atoms in total. The molecule has 1 aliphatic carbocycles. The maximum Gasteiger partial charge on any atom is 0.407 e. The van der Waals surface area contributed by atoms with Crippen LogP contribution in [0.4, 0.5) is 4.79 Å². The summed E-state index contributed by atoms with van der Waals surface area (Å²) in [5.41, 5.74) is 6.39. The van der Waals surface area contributed by atoms with Gasteiger partial charge in [0.1, 0.15) is 6.61 Å². The first kappa shape index (κ1) is 20.3. The van der Waals surface area contributed by atoms with Crippen LogP contribution >= 0.6 is 10.9 Å². The summed E-state index contributed by atoms with van der Waals surface area (Å²) in [6, 6.07) is 24.1. The van der Waals surface area contributed by atoms with E-state index in [0.29, 0.717) is 18.0 Å². The number of aldehydes is 1. The average molecular weight is 442 g/mol. The second-order valence-corrected chi connectivity index (χ2v) is 9.76. The van der Waals surface area contributed by atoms with Gasteiger partial charge in [-0.15, -0.1) is 0 Å². The number of hydrogen-bond acceptors (Lipinski definition) is 3. The maximum atomic E-state index is 12.5. The molecular weight excluding hydrogens is 418 g/mol. The third-order valence-electron chi connectivity index (χ3n) is 5.93. The Kier molecular flexibility index (Phi) is 5.65. The largest absolute Gasteiger partial charge is 0.449 e. The van der Waals surface area contributed by atoms with E-state index >= 15 is 0 Å². The highest BCUT2D eigenvalue weighted by Crippen LogP contribution is 2.47. The van der Waals surface area contributed by atoms with Crippen LogP contribution in [0.5, 0.6) is 0 Å². The molecule has 2 aliphatic rings. The van der Waals surface area contributed by atoms with Crippen LogP contribution in [-0.2, 0) is 4.74 Å². The molecule has 1 N–H and O–H groups in total. The fourth-order valence-corrected chi connectivity index (χ4v) is 6.25. The minimum Gasteiger partial charge on any atom is -0.449 e. The van der Waals surface area contributed by atoms with Crippen LogP contribution in [0.15, 0.2) is 90.4 Å². The molecule has 5 heteroatoms. The first-order valence-corrected chi connectivity index (χ1v) is 12.1. The fourth-order valence-electron chi connectivity index (χ4n) is 4.43. The van der Waals surface area contributed by atoms with Gasteiger partial charge in [-0.25, -0.2) is 4.79 Å². The Morgan fingerprint density at radius 2 is 1.53 bits per heavy atom. The molecule has 0 saturated carbocycles. The fraction of sp³-hybridized carbons (Fsp3) is 0.111. The van der Waals surface area contributed by atoms with Crippen LogP contribution in [0.3, 0.4) is 0 Å². The minimum atomic E-state index is -0.735. The van der Waals surface area contributed by atoms with Crippen LogP contribution in [0, 0.1) is 0 Å².